The Balaban J connectivity index is 2.45. The molecule has 0 aliphatic rings. The number of hydrogen-bond donors (Lipinski definition) is 1. The minimum Gasteiger partial charge on any atom is -0.465 e. The van der Waals surface area contributed by atoms with Gasteiger partial charge in [0.05, 0.1) is 6.04 Å². The van der Waals surface area contributed by atoms with Crippen LogP contribution in [0.3, 0.4) is 0 Å². The van der Waals surface area contributed by atoms with Gasteiger partial charge in [-0.1, -0.05) is 13.8 Å². The molecule has 3 heteroatoms. The SMILES string of the molecule is Cc1ccc(C(C)NCC(C)(C)CN(C)C)o1. The normalized spacial score (nSPS) is 14.3. The van der Waals surface area contributed by atoms with Crippen LogP contribution in [0.15, 0.2) is 16.5 Å². The third kappa shape index (κ3) is 4.92. The first-order valence-corrected chi connectivity index (χ1v) is 6.24. The van der Waals surface area contributed by atoms with Gasteiger partial charge in [0, 0.05) is 13.1 Å². The van der Waals surface area contributed by atoms with Gasteiger partial charge in [-0.05, 0) is 45.5 Å². The Hall–Kier alpha value is -0.800. The summed E-state index contributed by atoms with van der Waals surface area (Å²) in [6, 6.07) is 4.33. The van der Waals surface area contributed by atoms with Crippen LogP contribution in [0.5, 0.6) is 0 Å². The number of furan rings is 1. The van der Waals surface area contributed by atoms with Gasteiger partial charge in [-0.15, -0.1) is 0 Å². The van der Waals surface area contributed by atoms with Crippen molar-refractivity contribution in [3.8, 4) is 0 Å². The van der Waals surface area contributed by atoms with Gasteiger partial charge < -0.3 is 14.6 Å². The smallest absolute Gasteiger partial charge is 0.120 e. The fraction of sp³-hybridized carbons (Fsp3) is 0.714. The molecule has 0 aromatic carbocycles. The Labute approximate surface area is 105 Å². The maximum Gasteiger partial charge on any atom is 0.120 e. The van der Waals surface area contributed by atoms with Gasteiger partial charge in [0.1, 0.15) is 11.5 Å². The summed E-state index contributed by atoms with van der Waals surface area (Å²) >= 11 is 0. The van der Waals surface area contributed by atoms with Gasteiger partial charge in [-0.2, -0.15) is 0 Å². The van der Waals surface area contributed by atoms with Crippen molar-refractivity contribution < 1.29 is 4.42 Å². The molecule has 0 aliphatic heterocycles. The van der Waals surface area contributed by atoms with Gasteiger partial charge >= 0.3 is 0 Å². The van der Waals surface area contributed by atoms with Crippen molar-refractivity contribution in [2.75, 3.05) is 27.2 Å². The van der Waals surface area contributed by atoms with Gasteiger partial charge in [-0.3, -0.25) is 0 Å². The van der Waals surface area contributed by atoms with E-state index in [1.807, 2.05) is 19.1 Å². The molecule has 1 N–H and O–H groups in total. The van der Waals surface area contributed by atoms with Crippen molar-refractivity contribution >= 4 is 0 Å². The van der Waals surface area contributed by atoms with Crippen molar-refractivity contribution in [2.45, 2.75) is 33.7 Å². The molecule has 0 fully saturated rings. The van der Waals surface area contributed by atoms with E-state index in [1.165, 1.54) is 0 Å². The van der Waals surface area contributed by atoms with Crippen molar-refractivity contribution in [1.82, 2.24) is 10.2 Å². The summed E-state index contributed by atoms with van der Waals surface area (Å²) in [7, 11) is 4.22. The molecule has 0 saturated heterocycles. The van der Waals surface area contributed by atoms with E-state index in [0.717, 1.165) is 24.6 Å². The largest absolute Gasteiger partial charge is 0.465 e. The molecule has 98 valence electrons. The number of rotatable bonds is 6. The van der Waals surface area contributed by atoms with Crippen molar-refractivity contribution in [1.29, 1.82) is 0 Å². The summed E-state index contributed by atoms with van der Waals surface area (Å²) < 4.78 is 5.62. The summed E-state index contributed by atoms with van der Waals surface area (Å²) in [5.74, 6) is 1.99. The molecule has 1 atom stereocenters. The number of nitrogens with zero attached hydrogens (tertiary/aromatic N) is 1. The summed E-state index contributed by atoms with van der Waals surface area (Å²) in [4.78, 5) is 2.23. The average molecular weight is 238 g/mol. The van der Waals surface area contributed by atoms with Crippen LogP contribution in [0.4, 0.5) is 0 Å². The second-order valence-electron chi connectivity index (χ2n) is 5.95. The zero-order valence-electron chi connectivity index (χ0n) is 12.0. The number of nitrogens with one attached hydrogen (secondary N) is 1. The first-order valence-electron chi connectivity index (χ1n) is 6.24. The summed E-state index contributed by atoms with van der Waals surface area (Å²) in [6.45, 7) is 10.7. The average Bonchev–Trinajstić information content (AvgIpc) is 2.59. The van der Waals surface area contributed by atoms with Crippen LogP contribution < -0.4 is 5.32 Å². The molecule has 0 aliphatic carbocycles. The van der Waals surface area contributed by atoms with E-state index in [0.29, 0.717) is 0 Å². The fourth-order valence-corrected chi connectivity index (χ4v) is 2.13. The second kappa shape index (κ2) is 5.69. The lowest BCUT2D eigenvalue weighted by molar-refractivity contribution is 0.223. The standard InChI is InChI=1S/C14H26N2O/c1-11-7-8-13(17-11)12(2)15-9-14(3,4)10-16(5)6/h7-8,12,15H,9-10H2,1-6H3. The number of aryl methyl sites for hydroxylation is 1. The van der Waals surface area contributed by atoms with Crippen molar-refractivity contribution in [3.63, 3.8) is 0 Å². The molecule has 1 aromatic rings. The molecule has 3 nitrogen and oxygen atoms in total. The third-order valence-corrected chi connectivity index (χ3v) is 2.82. The lowest BCUT2D eigenvalue weighted by Crippen LogP contribution is -2.38. The third-order valence-electron chi connectivity index (χ3n) is 2.82. The van der Waals surface area contributed by atoms with Crippen molar-refractivity contribution in [3.05, 3.63) is 23.7 Å². The maximum absolute atomic E-state index is 5.62. The highest BCUT2D eigenvalue weighted by atomic mass is 16.3. The quantitative estimate of drug-likeness (QED) is 0.826. The van der Waals surface area contributed by atoms with Crippen LogP contribution in [0, 0.1) is 12.3 Å². The summed E-state index contributed by atoms with van der Waals surface area (Å²) in [5.41, 5.74) is 0.263. The van der Waals surface area contributed by atoms with Gasteiger partial charge in [0.2, 0.25) is 0 Å². The van der Waals surface area contributed by atoms with Crippen molar-refractivity contribution in [2.24, 2.45) is 5.41 Å². The van der Waals surface area contributed by atoms with E-state index < -0.39 is 0 Å². The summed E-state index contributed by atoms with van der Waals surface area (Å²) in [5, 5.41) is 3.54. The van der Waals surface area contributed by atoms with Gasteiger partial charge in [-0.25, -0.2) is 0 Å². The van der Waals surface area contributed by atoms with Crippen LogP contribution in [0.1, 0.15) is 38.3 Å². The predicted octanol–water partition coefficient (Wildman–Crippen LogP) is 2.83. The molecule has 17 heavy (non-hydrogen) atoms. The molecule has 0 spiro atoms. The molecule has 1 rings (SSSR count). The highest BCUT2D eigenvalue weighted by Gasteiger charge is 2.20. The topological polar surface area (TPSA) is 28.4 Å². The fourth-order valence-electron chi connectivity index (χ4n) is 2.13. The summed E-state index contributed by atoms with van der Waals surface area (Å²) in [6.07, 6.45) is 0. The lowest BCUT2D eigenvalue weighted by atomic mass is 9.92. The van der Waals surface area contributed by atoms with E-state index in [-0.39, 0.29) is 11.5 Å². The van der Waals surface area contributed by atoms with E-state index in [9.17, 15) is 0 Å². The van der Waals surface area contributed by atoms with Gasteiger partial charge in [0.25, 0.3) is 0 Å². The first-order chi connectivity index (χ1) is 7.80. The Kier molecular flexibility index (Phi) is 4.78. The Morgan fingerprint density at radius 2 is 2.00 bits per heavy atom. The van der Waals surface area contributed by atoms with E-state index in [4.69, 9.17) is 4.42 Å². The lowest BCUT2D eigenvalue weighted by Gasteiger charge is -2.29. The highest BCUT2D eigenvalue weighted by molar-refractivity contribution is 5.08. The minimum atomic E-state index is 0.263. The van der Waals surface area contributed by atoms with Crippen LogP contribution in [-0.2, 0) is 0 Å². The molecular weight excluding hydrogens is 212 g/mol. The molecule has 0 bridgehead atoms. The van der Waals surface area contributed by atoms with E-state index >= 15 is 0 Å². The maximum atomic E-state index is 5.62. The Bertz CT molecular complexity index is 342. The van der Waals surface area contributed by atoms with Crippen LogP contribution in [-0.4, -0.2) is 32.1 Å². The number of hydrogen-bond acceptors (Lipinski definition) is 3. The molecule has 0 amide bonds. The zero-order chi connectivity index (χ0) is 13.1. The molecule has 1 heterocycles. The molecule has 1 unspecified atom stereocenters. The van der Waals surface area contributed by atoms with Crippen LogP contribution in [0.25, 0.3) is 0 Å². The minimum absolute atomic E-state index is 0.263. The van der Waals surface area contributed by atoms with Crippen LogP contribution >= 0.6 is 0 Å². The molecule has 1 aromatic heterocycles. The molecular formula is C14H26N2O. The zero-order valence-corrected chi connectivity index (χ0v) is 12.0. The molecule has 0 saturated carbocycles. The second-order valence-corrected chi connectivity index (χ2v) is 5.95. The Morgan fingerprint density at radius 1 is 1.35 bits per heavy atom. The monoisotopic (exact) mass is 238 g/mol. The highest BCUT2D eigenvalue weighted by Crippen LogP contribution is 2.19. The van der Waals surface area contributed by atoms with Crippen LogP contribution in [0.2, 0.25) is 0 Å². The van der Waals surface area contributed by atoms with E-state index in [1.54, 1.807) is 0 Å². The van der Waals surface area contributed by atoms with E-state index in [2.05, 4.69) is 45.1 Å². The first kappa shape index (κ1) is 14.3. The molecule has 0 radical (unpaired) electrons. The predicted molar refractivity (Wildman–Crippen MR) is 72.2 cm³/mol. The van der Waals surface area contributed by atoms with Gasteiger partial charge in [0.15, 0.2) is 0 Å². The Morgan fingerprint density at radius 3 is 2.47 bits per heavy atom.